The van der Waals surface area contributed by atoms with Gasteiger partial charge < -0.3 is 26.6 Å². The summed E-state index contributed by atoms with van der Waals surface area (Å²) < 4.78 is 0. The van der Waals surface area contributed by atoms with Gasteiger partial charge in [-0.1, -0.05) is 20.8 Å². The highest BCUT2D eigenvalue weighted by molar-refractivity contribution is 5.95. The van der Waals surface area contributed by atoms with Crippen molar-refractivity contribution in [2.45, 2.75) is 45.7 Å². The number of benzene rings is 1. The molecule has 7 heteroatoms. The van der Waals surface area contributed by atoms with Gasteiger partial charge in [-0.15, -0.1) is 0 Å². The summed E-state index contributed by atoms with van der Waals surface area (Å²) in [5.74, 6) is -0.224. The maximum atomic E-state index is 12.1. The number of rotatable bonds is 4. The van der Waals surface area contributed by atoms with Crippen molar-refractivity contribution in [1.82, 2.24) is 10.2 Å². The summed E-state index contributed by atoms with van der Waals surface area (Å²) in [5.41, 5.74) is 6.97. The standard InChI is InChI=1S/C19H31N5O2/c1-19(2,3)16(20)17(25)21-13-5-7-14(8-6-13)22-18(26)23-15-9-11-24(4)12-10-15/h5-8,15-16H,9-12,20H2,1-4H3,(H,21,25)(H2,22,23,26)/t16-/m1/s1. The van der Waals surface area contributed by atoms with Crippen LogP contribution in [-0.4, -0.2) is 49.1 Å². The van der Waals surface area contributed by atoms with E-state index in [0.29, 0.717) is 11.4 Å². The zero-order valence-corrected chi connectivity index (χ0v) is 16.1. The van der Waals surface area contributed by atoms with Crippen molar-refractivity contribution in [3.8, 4) is 0 Å². The predicted octanol–water partition coefficient (Wildman–Crippen LogP) is 2.21. The van der Waals surface area contributed by atoms with Gasteiger partial charge in [-0.05, 0) is 62.7 Å². The number of carbonyl (C=O) groups excluding carboxylic acids is 2. The third-order valence-electron chi connectivity index (χ3n) is 4.68. The smallest absolute Gasteiger partial charge is 0.319 e. The topological polar surface area (TPSA) is 99.5 Å². The highest BCUT2D eigenvalue weighted by Gasteiger charge is 2.27. The molecule has 2 rings (SSSR count). The minimum absolute atomic E-state index is 0.203. The summed E-state index contributed by atoms with van der Waals surface area (Å²) in [6.07, 6.45) is 1.92. The van der Waals surface area contributed by atoms with Crippen LogP contribution in [0.2, 0.25) is 0 Å². The zero-order chi connectivity index (χ0) is 19.3. The Kier molecular flexibility index (Phi) is 6.61. The summed E-state index contributed by atoms with van der Waals surface area (Å²) in [6, 6.07) is 6.42. The Hall–Kier alpha value is -2.12. The number of hydrogen-bond donors (Lipinski definition) is 4. The van der Waals surface area contributed by atoms with Gasteiger partial charge in [0.15, 0.2) is 0 Å². The molecular weight excluding hydrogens is 330 g/mol. The largest absolute Gasteiger partial charge is 0.335 e. The fraction of sp³-hybridized carbons (Fsp3) is 0.579. The molecule has 1 aromatic rings. The molecule has 1 atom stereocenters. The minimum Gasteiger partial charge on any atom is -0.335 e. The van der Waals surface area contributed by atoms with Crippen LogP contribution in [0.1, 0.15) is 33.6 Å². The number of urea groups is 1. The van der Waals surface area contributed by atoms with E-state index in [0.717, 1.165) is 25.9 Å². The van der Waals surface area contributed by atoms with E-state index in [1.165, 1.54) is 0 Å². The molecule has 0 spiro atoms. The first-order valence-corrected chi connectivity index (χ1v) is 9.08. The zero-order valence-electron chi connectivity index (χ0n) is 16.1. The normalized spacial score (nSPS) is 17.4. The monoisotopic (exact) mass is 361 g/mol. The molecule has 26 heavy (non-hydrogen) atoms. The van der Waals surface area contributed by atoms with Gasteiger partial charge in [-0.25, -0.2) is 4.79 Å². The lowest BCUT2D eigenvalue weighted by molar-refractivity contribution is -0.119. The Labute approximate surface area is 155 Å². The SMILES string of the molecule is CN1CCC(NC(=O)Nc2ccc(NC(=O)[C@@H](N)C(C)(C)C)cc2)CC1. The number of nitrogens with one attached hydrogen (secondary N) is 3. The van der Waals surface area contributed by atoms with E-state index in [9.17, 15) is 9.59 Å². The number of nitrogens with zero attached hydrogens (tertiary/aromatic N) is 1. The third kappa shape index (κ3) is 6.00. The predicted molar refractivity (Wildman–Crippen MR) is 105 cm³/mol. The molecule has 1 aromatic carbocycles. The number of hydrogen-bond acceptors (Lipinski definition) is 4. The molecule has 1 aliphatic heterocycles. The van der Waals surface area contributed by atoms with Crippen molar-refractivity contribution in [2.75, 3.05) is 30.8 Å². The van der Waals surface area contributed by atoms with Crippen molar-refractivity contribution in [1.29, 1.82) is 0 Å². The Balaban J connectivity index is 1.83. The second kappa shape index (κ2) is 8.51. The second-order valence-electron chi connectivity index (χ2n) is 8.09. The highest BCUT2D eigenvalue weighted by Crippen LogP contribution is 2.20. The Morgan fingerprint density at radius 3 is 2.08 bits per heavy atom. The van der Waals surface area contributed by atoms with Gasteiger partial charge in [0, 0.05) is 17.4 Å². The van der Waals surface area contributed by atoms with Crippen LogP contribution in [0, 0.1) is 5.41 Å². The van der Waals surface area contributed by atoms with E-state index < -0.39 is 6.04 Å². The summed E-state index contributed by atoms with van der Waals surface area (Å²) >= 11 is 0. The van der Waals surface area contributed by atoms with Gasteiger partial charge in [-0.3, -0.25) is 4.79 Å². The Bertz CT molecular complexity index is 616. The number of carbonyl (C=O) groups is 2. The lowest BCUT2D eigenvalue weighted by Crippen LogP contribution is -2.45. The van der Waals surface area contributed by atoms with E-state index >= 15 is 0 Å². The summed E-state index contributed by atoms with van der Waals surface area (Å²) in [7, 11) is 2.09. The molecule has 5 N–H and O–H groups in total. The Morgan fingerprint density at radius 1 is 1.08 bits per heavy atom. The average Bonchev–Trinajstić information content (AvgIpc) is 2.57. The first kappa shape index (κ1) is 20.2. The number of piperidine rings is 1. The van der Waals surface area contributed by atoms with Crippen LogP contribution in [0.4, 0.5) is 16.2 Å². The molecule has 0 aliphatic carbocycles. The number of nitrogens with two attached hydrogens (primary N) is 1. The Morgan fingerprint density at radius 2 is 1.58 bits per heavy atom. The molecule has 0 unspecified atom stereocenters. The molecule has 1 saturated heterocycles. The van der Waals surface area contributed by atoms with Gasteiger partial charge >= 0.3 is 6.03 Å². The molecular formula is C19H31N5O2. The van der Waals surface area contributed by atoms with Gasteiger partial charge in [0.1, 0.15) is 0 Å². The van der Waals surface area contributed by atoms with Gasteiger partial charge in [0.2, 0.25) is 5.91 Å². The molecule has 0 radical (unpaired) electrons. The average molecular weight is 361 g/mol. The molecule has 3 amide bonds. The molecule has 144 valence electrons. The molecule has 1 aliphatic rings. The fourth-order valence-corrected chi connectivity index (χ4v) is 2.76. The van der Waals surface area contributed by atoms with Crippen LogP contribution in [0.5, 0.6) is 0 Å². The van der Waals surface area contributed by atoms with Crippen molar-refractivity contribution >= 4 is 23.3 Å². The maximum Gasteiger partial charge on any atom is 0.319 e. The van der Waals surface area contributed by atoms with Crippen LogP contribution in [0.15, 0.2) is 24.3 Å². The van der Waals surface area contributed by atoms with Crippen LogP contribution in [0.25, 0.3) is 0 Å². The van der Waals surface area contributed by atoms with Crippen molar-refractivity contribution < 1.29 is 9.59 Å². The molecule has 1 fully saturated rings. The van der Waals surface area contributed by atoms with E-state index in [1.807, 2.05) is 20.8 Å². The van der Waals surface area contributed by atoms with Crippen molar-refractivity contribution in [2.24, 2.45) is 11.1 Å². The number of likely N-dealkylation sites (tertiary alicyclic amines) is 1. The lowest BCUT2D eigenvalue weighted by atomic mass is 9.87. The van der Waals surface area contributed by atoms with Crippen molar-refractivity contribution in [3.63, 3.8) is 0 Å². The van der Waals surface area contributed by atoms with Crippen LogP contribution < -0.4 is 21.7 Å². The molecule has 0 bridgehead atoms. The number of anilines is 2. The van der Waals surface area contributed by atoms with E-state index in [2.05, 4.69) is 27.9 Å². The van der Waals surface area contributed by atoms with Crippen LogP contribution in [-0.2, 0) is 4.79 Å². The van der Waals surface area contributed by atoms with Gasteiger partial charge in [-0.2, -0.15) is 0 Å². The van der Waals surface area contributed by atoms with E-state index in [1.54, 1.807) is 24.3 Å². The first-order valence-electron chi connectivity index (χ1n) is 9.08. The van der Waals surface area contributed by atoms with Gasteiger partial charge in [0.25, 0.3) is 0 Å². The van der Waals surface area contributed by atoms with Crippen LogP contribution in [0.3, 0.4) is 0 Å². The molecule has 0 saturated carbocycles. The first-order chi connectivity index (χ1) is 12.1. The quantitative estimate of drug-likeness (QED) is 0.661. The number of amides is 3. The second-order valence-corrected chi connectivity index (χ2v) is 8.09. The summed E-state index contributed by atoms with van der Waals surface area (Å²) in [4.78, 5) is 26.5. The van der Waals surface area contributed by atoms with E-state index in [-0.39, 0.29) is 23.4 Å². The minimum atomic E-state index is -0.597. The third-order valence-corrected chi connectivity index (χ3v) is 4.68. The summed E-state index contributed by atoms with van der Waals surface area (Å²) in [6.45, 7) is 7.76. The summed E-state index contributed by atoms with van der Waals surface area (Å²) in [5, 5.41) is 8.63. The molecule has 7 nitrogen and oxygen atoms in total. The fourth-order valence-electron chi connectivity index (χ4n) is 2.76. The van der Waals surface area contributed by atoms with E-state index in [4.69, 9.17) is 5.73 Å². The van der Waals surface area contributed by atoms with Crippen molar-refractivity contribution in [3.05, 3.63) is 24.3 Å². The highest BCUT2D eigenvalue weighted by atomic mass is 16.2. The van der Waals surface area contributed by atoms with Gasteiger partial charge in [0.05, 0.1) is 6.04 Å². The van der Waals surface area contributed by atoms with Crippen LogP contribution >= 0.6 is 0 Å². The molecule has 1 heterocycles. The molecule has 0 aromatic heterocycles. The maximum absolute atomic E-state index is 12.1. The lowest BCUT2D eigenvalue weighted by Gasteiger charge is -2.29.